The largest absolute Gasteiger partial charge is 0.360 e. The molecule has 0 aromatic rings. The Hall–Kier alpha value is -0.680. The molecule has 0 amide bonds. The van der Waals surface area contributed by atoms with Crippen molar-refractivity contribution >= 4 is 0 Å². The predicted octanol–water partition coefficient (Wildman–Crippen LogP) is 0.523. The van der Waals surface area contributed by atoms with Crippen molar-refractivity contribution in [2.45, 2.75) is 43.4 Å². The van der Waals surface area contributed by atoms with E-state index in [0.717, 1.165) is 19.3 Å². The summed E-state index contributed by atoms with van der Waals surface area (Å²) < 4.78 is 0. The average Bonchev–Trinajstić information content (AvgIpc) is 2.13. The van der Waals surface area contributed by atoms with Crippen molar-refractivity contribution < 1.29 is 15.1 Å². The van der Waals surface area contributed by atoms with Crippen LogP contribution in [0.4, 0.5) is 0 Å². The maximum Gasteiger partial charge on any atom is 0.275 e. The SMILES string of the molecule is O=[N+]([O-])C12CC3CC(CC(C3)C1(O)O)C2. The Morgan fingerprint density at radius 1 is 1.13 bits per heavy atom. The molecule has 2 atom stereocenters. The van der Waals surface area contributed by atoms with Gasteiger partial charge in [-0.1, -0.05) is 0 Å². The number of nitro groups is 1. The lowest BCUT2D eigenvalue weighted by Gasteiger charge is -2.57. The minimum atomic E-state index is -2.08. The Bertz CT molecular complexity index is 313. The molecule has 5 heteroatoms. The molecule has 0 spiro atoms. The van der Waals surface area contributed by atoms with Gasteiger partial charge in [0.05, 0.1) is 0 Å². The molecule has 4 aliphatic carbocycles. The van der Waals surface area contributed by atoms with E-state index in [2.05, 4.69) is 0 Å². The molecule has 0 aromatic carbocycles. The standard InChI is InChI=1S/C10H15NO4/c12-10(13)8-2-6-1-7(3-8)5-9(10,4-6)11(14)15/h6-8,12-13H,1-5H2. The lowest BCUT2D eigenvalue weighted by atomic mass is 9.50. The monoisotopic (exact) mass is 213 g/mol. The summed E-state index contributed by atoms with van der Waals surface area (Å²) in [6.45, 7) is 0. The summed E-state index contributed by atoms with van der Waals surface area (Å²) >= 11 is 0. The maximum atomic E-state index is 11.2. The quantitative estimate of drug-likeness (QED) is 0.378. The molecular formula is C10H15NO4. The zero-order valence-electron chi connectivity index (χ0n) is 8.43. The fraction of sp³-hybridized carbons (Fsp3) is 1.00. The number of aliphatic hydroxyl groups is 2. The highest BCUT2D eigenvalue weighted by Gasteiger charge is 2.72. The highest BCUT2D eigenvalue weighted by molar-refractivity contribution is 5.11. The Morgan fingerprint density at radius 3 is 2.13 bits per heavy atom. The minimum absolute atomic E-state index is 0.283. The van der Waals surface area contributed by atoms with Crippen LogP contribution in [0.5, 0.6) is 0 Å². The zero-order valence-corrected chi connectivity index (χ0v) is 8.43. The van der Waals surface area contributed by atoms with Gasteiger partial charge in [-0.15, -0.1) is 0 Å². The van der Waals surface area contributed by atoms with E-state index in [9.17, 15) is 20.3 Å². The van der Waals surface area contributed by atoms with Gasteiger partial charge in [0.15, 0.2) is 0 Å². The van der Waals surface area contributed by atoms with Gasteiger partial charge >= 0.3 is 0 Å². The summed E-state index contributed by atoms with van der Waals surface area (Å²) in [7, 11) is 0. The first-order chi connectivity index (χ1) is 6.96. The van der Waals surface area contributed by atoms with Crippen molar-refractivity contribution in [2.24, 2.45) is 17.8 Å². The van der Waals surface area contributed by atoms with E-state index in [-0.39, 0.29) is 5.92 Å². The van der Waals surface area contributed by atoms with Crippen LogP contribution in [0.1, 0.15) is 32.1 Å². The molecule has 4 bridgehead atoms. The Morgan fingerprint density at radius 2 is 1.67 bits per heavy atom. The molecule has 0 radical (unpaired) electrons. The smallest absolute Gasteiger partial charge is 0.275 e. The van der Waals surface area contributed by atoms with Gasteiger partial charge in [0.2, 0.25) is 5.79 Å². The molecule has 4 saturated carbocycles. The van der Waals surface area contributed by atoms with Gasteiger partial charge in [0, 0.05) is 23.7 Å². The summed E-state index contributed by atoms with van der Waals surface area (Å²) in [5.41, 5.74) is -1.47. The summed E-state index contributed by atoms with van der Waals surface area (Å²) in [5, 5.41) is 31.2. The number of hydrogen-bond acceptors (Lipinski definition) is 4. The molecule has 5 nitrogen and oxygen atoms in total. The third-order valence-electron chi connectivity index (χ3n) is 4.76. The van der Waals surface area contributed by atoms with Gasteiger partial charge < -0.3 is 10.2 Å². The molecule has 15 heavy (non-hydrogen) atoms. The first kappa shape index (κ1) is 9.54. The van der Waals surface area contributed by atoms with Crippen molar-refractivity contribution in [3.05, 3.63) is 10.1 Å². The highest BCUT2D eigenvalue weighted by Crippen LogP contribution is 2.60. The van der Waals surface area contributed by atoms with Crippen molar-refractivity contribution in [3.8, 4) is 0 Å². The van der Waals surface area contributed by atoms with E-state index in [1.807, 2.05) is 0 Å². The van der Waals surface area contributed by atoms with E-state index in [0.29, 0.717) is 24.7 Å². The molecule has 4 rings (SSSR count). The molecule has 84 valence electrons. The second-order valence-corrected chi connectivity index (χ2v) is 5.56. The number of hydrogen-bond donors (Lipinski definition) is 2. The second-order valence-electron chi connectivity index (χ2n) is 5.56. The van der Waals surface area contributed by atoms with Crippen LogP contribution in [0.15, 0.2) is 0 Å². The van der Waals surface area contributed by atoms with Gasteiger partial charge in [0.1, 0.15) is 0 Å². The van der Waals surface area contributed by atoms with Crippen LogP contribution in [0.2, 0.25) is 0 Å². The normalized spacial score (nSPS) is 50.7. The molecule has 0 aliphatic heterocycles. The van der Waals surface area contributed by atoms with Crippen molar-refractivity contribution in [3.63, 3.8) is 0 Å². The lowest BCUT2D eigenvalue weighted by Crippen LogP contribution is -2.71. The Kier molecular flexibility index (Phi) is 1.60. The maximum absolute atomic E-state index is 11.2. The van der Waals surface area contributed by atoms with E-state index in [1.54, 1.807) is 0 Å². The molecule has 0 heterocycles. The average molecular weight is 213 g/mol. The van der Waals surface area contributed by atoms with Crippen LogP contribution >= 0.6 is 0 Å². The fourth-order valence-electron chi connectivity index (χ4n) is 4.23. The molecule has 4 aliphatic rings. The number of rotatable bonds is 1. The number of nitrogens with zero attached hydrogens (tertiary/aromatic N) is 1. The van der Waals surface area contributed by atoms with E-state index < -0.39 is 16.2 Å². The lowest BCUT2D eigenvalue weighted by molar-refractivity contribution is -0.636. The van der Waals surface area contributed by atoms with Gasteiger partial charge in [-0.25, -0.2) is 0 Å². The van der Waals surface area contributed by atoms with Crippen LogP contribution < -0.4 is 0 Å². The third-order valence-corrected chi connectivity index (χ3v) is 4.76. The zero-order chi connectivity index (χ0) is 10.8. The van der Waals surface area contributed by atoms with Gasteiger partial charge in [-0.2, -0.15) is 0 Å². The summed E-state index contributed by atoms with van der Waals surface area (Å²) in [4.78, 5) is 10.7. The molecular weight excluding hydrogens is 198 g/mol. The summed E-state index contributed by atoms with van der Waals surface area (Å²) in [6, 6.07) is 0. The van der Waals surface area contributed by atoms with Gasteiger partial charge in [-0.05, 0) is 31.1 Å². The first-order valence-corrected chi connectivity index (χ1v) is 5.55. The summed E-state index contributed by atoms with van der Waals surface area (Å²) in [5.74, 6) is -1.70. The van der Waals surface area contributed by atoms with E-state index in [4.69, 9.17) is 0 Å². The topological polar surface area (TPSA) is 83.6 Å². The van der Waals surface area contributed by atoms with Crippen LogP contribution in [-0.4, -0.2) is 26.5 Å². The van der Waals surface area contributed by atoms with Crippen LogP contribution in [-0.2, 0) is 0 Å². The van der Waals surface area contributed by atoms with E-state index in [1.165, 1.54) is 0 Å². The van der Waals surface area contributed by atoms with Gasteiger partial charge in [0.25, 0.3) is 5.54 Å². The third kappa shape index (κ3) is 0.953. The fourth-order valence-corrected chi connectivity index (χ4v) is 4.23. The summed E-state index contributed by atoms with van der Waals surface area (Å²) in [6.07, 6.45) is 3.24. The van der Waals surface area contributed by atoms with Crippen molar-refractivity contribution in [1.29, 1.82) is 0 Å². The van der Waals surface area contributed by atoms with Crippen molar-refractivity contribution in [1.82, 2.24) is 0 Å². The Labute approximate surface area is 87.2 Å². The predicted molar refractivity (Wildman–Crippen MR) is 50.4 cm³/mol. The van der Waals surface area contributed by atoms with Gasteiger partial charge in [-0.3, -0.25) is 10.1 Å². The molecule has 2 unspecified atom stereocenters. The van der Waals surface area contributed by atoms with Crippen molar-refractivity contribution in [2.75, 3.05) is 0 Å². The highest BCUT2D eigenvalue weighted by atomic mass is 16.6. The van der Waals surface area contributed by atoms with Crippen LogP contribution in [0.25, 0.3) is 0 Å². The first-order valence-electron chi connectivity index (χ1n) is 5.55. The van der Waals surface area contributed by atoms with Crippen LogP contribution in [0, 0.1) is 27.9 Å². The second kappa shape index (κ2) is 2.52. The molecule has 4 fully saturated rings. The molecule has 0 aromatic heterocycles. The van der Waals surface area contributed by atoms with E-state index >= 15 is 0 Å². The molecule has 2 N–H and O–H groups in total. The Balaban J connectivity index is 2.08. The van der Waals surface area contributed by atoms with Crippen LogP contribution in [0.3, 0.4) is 0 Å². The molecule has 0 saturated heterocycles. The minimum Gasteiger partial charge on any atom is -0.360 e.